The van der Waals surface area contributed by atoms with E-state index in [1.807, 2.05) is 43.5 Å². The summed E-state index contributed by atoms with van der Waals surface area (Å²) >= 11 is 1.72. The standard InChI is InChI=1S/C16H22N2OS/c1-11(9-15(19)14-7-5-4-6-8-14)18-12(2)16-10-17-13(3)20-16/h4-8,10-12,15,18-19H,9H2,1-3H3. The van der Waals surface area contributed by atoms with E-state index in [1.165, 1.54) is 4.88 Å². The highest BCUT2D eigenvalue weighted by Crippen LogP contribution is 2.23. The normalized spacial score (nSPS) is 15.8. The van der Waals surface area contributed by atoms with Gasteiger partial charge in [-0.2, -0.15) is 0 Å². The van der Waals surface area contributed by atoms with Crippen LogP contribution in [-0.2, 0) is 0 Å². The molecule has 3 unspecified atom stereocenters. The summed E-state index contributed by atoms with van der Waals surface area (Å²) in [5, 5.41) is 14.8. The molecule has 0 radical (unpaired) electrons. The van der Waals surface area contributed by atoms with Gasteiger partial charge in [0.1, 0.15) is 0 Å². The lowest BCUT2D eigenvalue weighted by molar-refractivity contribution is 0.152. The van der Waals surface area contributed by atoms with Gasteiger partial charge in [0.05, 0.1) is 11.1 Å². The summed E-state index contributed by atoms with van der Waals surface area (Å²) in [5.41, 5.74) is 0.974. The van der Waals surface area contributed by atoms with Gasteiger partial charge in [0, 0.05) is 23.2 Å². The molecule has 0 amide bonds. The molecule has 0 bridgehead atoms. The second kappa shape index (κ2) is 6.97. The molecule has 0 aliphatic carbocycles. The van der Waals surface area contributed by atoms with Crippen molar-refractivity contribution >= 4 is 11.3 Å². The van der Waals surface area contributed by atoms with E-state index >= 15 is 0 Å². The number of aliphatic hydroxyl groups is 1. The Bertz CT molecular complexity index is 526. The molecule has 0 saturated heterocycles. The van der Waals surface area contributed by atoms with Crippen LogP contribution in [0.5, 0.6) is 0 Å². The van der Waals surface area contributed by atoms with Gasteiger partial charge in [0.15, 0.2) is 0 Å². The number of aromatic nitrogens is 1. The zero-order valence-electron chi connectivity index (χ0n) is 12.2. The fourth-order valence-electron chi connectivity index (χ4n) is 2.30. The van der Waals surface area contributed by atoms with Gasteiger partial charge in [-0.3, -0.25) is 0 Å². The minimum Gasteiger partial charge on any atom is -0.388 e. The largest absolute Gasteiger partial charge is 0.388 e. The topological polar surface area (TPSA) is 45.2 Å². The number of nitrogens with zero attached hydrogens (tertiary/aromatic N) is 1. The van der Waals surface area contributed by atoms with Crippen LogP contribution in [0.2, 0.25) is 0 Å². The lowest BCUT2D eigenvalue weighted by atomic mass is 10.0. The summed E-state index contributed by atoms with van der Waals surface area (Å²) < 4.78 is 0. The molecule has 0 saturated carbocycles. The third-order valence-corrected chi connectivity index (χ3v) is 4.46. The molecule has 0 fully saturated rings. The molecule has 4 heteroatoms. The molecule has 0 aliphatic heterocycles. The molecule has 1 heterocycles. The van der Waals surface area contributed by atoms with Crippen molar-refractivity contribution in [3.05, 3.63) is 52.0 Å². The molecule has 1 aromatic heterocycles. The molecule has 1 aromatic carbocycles. The molecule has 2 aromatic rings. The Kier molecular flexibility index (Phi) is 5.29. The number of thiazole rings is 1. The maximum absolute atomic E-state index is 10.2. The molecular formula is C16H22N2OS. The number of hydrogen-bond donors (Lipinski definition) is 2. The number of aliphatic hydroxyl groups excluding tert-OH is 1. The van der Waals surface area contributed by atoms with Crippen molar-refractivity contribution in [2.24, 2.45) is 0 Å². The Labute approximate surface area is 124 Å². The summed E-state index contributed by atoms with van der Waals surface area (Å²) in [6.07, 6.45) is 2.21. The van der Waals surface area contributed by atoms with Crippen LogP contribution in [0, 0.1) is 6.92 Å². The Morgan fingerprint density at radius 2 is 1.95 bits per heavy atom. The SMILES string of the molecule is Cc1ncc(C(C)NC(C)CC(O)c2ccccc2)s1. The summed E-state index contributed by atoms with van der Waals surface area (Å²) in [4.78, 5) is 5.52. The van der Waals surface area contributed by atoms with Crippen LogP contribution in [0.15, 0.2) is 36.5 Å². The maximum atomic E-state index is 10.2. The van der Waals surface area contributed by atoms with E-state index in [1.54, 1.807) is 11.3 Å². The first-order valence-corrected chi connectivity index (χ1v) is 7.79. The predicted octanol–water partition coefficient (Wildman–Crippen LogP) is 3.61. The highest BCUT2D eigenvalue weighted by atomic mass is 32.1. The van der Waals surface area contributed by atoms with Crippen molar-refractivity contribution in [3.8, 4) is 0 Å². The lowest BCUT2D eigenvalue weighted by Crippen LogP contribution is -2.30. The Balaban J connectivity index is 1.87. The molecule has 2 N–H and O–H groups in total. The van der Waals surface area contributed by atoms with E-state index in [0.29, 0.717) is 6.42 Å². The molecule has 0 aliphatic rings. The van der Waals surface area contributed by atoms with Crippen molar-refractivity contribution in [1.82, 2.24) is 10.3 Å². The van der Waals surface area contributed by atoms with Gasteiger partial charge >= 0.3 is 0 Å². The summed E-state index contributed by atoms with van der Waals surface area (Å²) in [6.45, 7) is 6.26. The van der Waals surface area contributed by atoms with E-state index in [9.17, 15) is 5.11 Å². The average Bonchev–Trinajstić information content (AvgIpc) is 2.86. The number of aryl methyl sites for hydroxylation is 1. The van der Waals surface area contributed by atoms with Crippen LogP contribution in [0.4, 0.5) is 0 Å². The van der Waals surface area contributed by atoms with Crippen molar-refractivity contribution in [3.63, 3.8) is 0 Å². The van der Waals surface area contributed by atoms with Crippen LogP contribution in [0.1, 0.15) is 47.9 Å². The Morgan fingerprint density at radius 3 is 2.55 bits per heavy atom. The number of hydrogen-bond acceptors (Lipinski definition) is 4. The lowest BCUT2D eigenvalue weighted by Gasteiger charge is -2.21. The van der Waals surface area contributed by atoms with Gasteiger partial charge in [-0.25, -0.2) is 4.98 Å². The zero-order chi connectivity index (χ0) is 14.5. The van der Waals surface area contributed by atoms with E-state index in [4.69, 9.17) is 0 Å². The van der Waals surface area contributed by atoms with E-state index in [-0.39, 0.29) is 12.1 Å². The second-order valence-corrected chi connectivity index (χ2v) is 6.50. The van der Waals surface area contributed by atoms with Crippen molar-refractivity contribution < 1.29 is 5.11 Å². The minimum absolute atomic E-state index is 0.239. The number of nitrogens with one attached hydrogen (secondary N) is 1. The van der Waals surface area contributed by atoms with Gasteiger partial charge in [-0.1, -0.05) is 30.3 Å². The molecule has 0 spiro atoms. The molecule has 3 atom stereocenters. The minimum atomic E-state index is -0.422. The first-order chi connectivity index (χ1) is 9.56. The van der Waals surface area contributed by atoms with Gasteiger partial charge in [-0.05, 0) is 32.8 Å². The smallest absolute Gasteiger partial charge is 0.0897 e. The number of benzene rings is 1. The average molecular weight is 290 g/mol. The summed E-state index contributed by atoms with van der Waals surface area (Å²) in [7, 11) is 0. The van der Waals surface area contributed by atoms with Crippen molar-refractivity contribution in [2.45, 2.75) is 45.4 Å². The Hall–Kier alpha value is -1.23. The van der Waals surface area contributed by atoms with E-state index in [0.717, 1.165) is 10.6 Å². The van der Waals surface area contributed by atoms with E-state index in [2.05, 4.69) is 24.1 Å². The Morgan fingerprint density at radius 1 is 1.25 bits per heavy atom. The van der Waals surface area contributed by atoms with Crippen molar-refractivity contribution in [1.29, 1.82) is 0 Å². The second-order valence-electron chi connectivity index (χ2n) is 5.23. The third-order valence-electron chi connectivity index (χ3n) is 3.36. The van der Waals surface area contributed by atoms with Crippen LogP contribution < -0.4 is 5.32 Å². The van der Waals surface area contributed by atoms with Gasteiger partial charge < -0.3 is 10.4 Å². The highest BCUT2D eigenvalue weighted by Gasteiger charge is 2.16. The van der Waals surface area contributed by atoms with Gasteiger partial charge in [0.2, 0.25) is 0 Å². The third kappa shape index (κ3) is 4.13. The maximum Gasteiger partial charge on any atom is 0.0897 e. The van der Waals surface area contributed by atoms with Gasteiger partial charge in [-0.15, -0.1) is 11.3 Å². The fourth-order valence-corrected chi connectivity index (χ4v) is 3.10. The van der Waals surface area contributed by atoms with Gasteiger partial charge in [0.25, 0.3) is 0 Å². The van der Waals surface area contributed by atoms with Crippen LogP contribution in [0.25, 0.3) is 0 Å². The molecule has 20 heavy (non-hydrogen) atoms. The molecule has 108 valence electrons. The zero-order valence-corrected chi connectivity index (χ0v) is 13.0. The summed E-state index contributed by atoms with van der Waals surface area (Å²) in [5.74, 6) is 0. The monoisotopic (exact) mass is 290 g/mol. The van der Waals surface area contributed by atoms with Crippen LogP contribution in [-0.4, -0.2) is 16.1 Å². The first-order valence-electron chi connectivity index (χ1n) is 6.97. The molecular weight excluding hydrogens is 268 g/mol. The molecule has 2 rings (SSSR count). The fraction of sp³-hybridized carbons (Fsp3) is 0.438. The number of rotatable bonds is 6. The predicted molar refractivity (Wildman–Crippen MR) is 83.9 cm³/mol. The van der Waals surface area contributed by atoms with Crippen LogP contribution >= 0.6 is 11.3 Å². The summed E-state index contributed by atoms with van der Waals surface area (Å²) in [6, 6.07) is 10.3. The molecule has 3 nitrogen and oxygen atoms in total. The van der Waals surface area contributed by atoms with E-state index < -0.39 is 6.10 Å². The quantitative estimate of drug-likeness (QED) is 0.854. The highest BCUT2D eigenvalue weighted by molar-refractivity contribution is 7.11. The first kappa shape index (κ1) is 15.2. The van der Waals surface area contributed by atoms with Crippen LogP contribution in [0.3, 0.4) is 0 Å². The van der Waals surface area contributed by atoms with Crippen molar-refractivity contribution in [2.75, 3.05) is 0 Å².